The first-order valence-corrected chi connectivity index (χ1v) is 38.7. The Morgan fingerprint density at radius 1 is 0.318 bits per heavy atom. The lowest BCUT2D eigenvalue weighted by atomic mass is 9.99. The predicted molar refractivity (Wildman–Crippen MR) is 354 cm³/mol. The first-order chi connectivity index (χ1) is 42.1. The number of hydrogen-bond acceptors (Lipinski definition) is 15. The van der Waals surface area contributed by atoms with Crippen LogP contribution in [-0.2, 0) is 65.4 Å². The van der Waals surface area contributed by atoms with Gasteiger partial charge in [-0.25, -0.2) is 9.13 Å². The van der Waals surface area contributed by atoms with Gasteiger partial charge in [0.25, 0.3) is 0 Å². The number of phosphoric ester groups is 2. The Morgan fingerprint density at radius 3 is 0.807 bits per heavy atom. The third kappa shape index (κ3) is 61.6. The molecule has 0 rings (SSSR count). The molecule has 0 aliphatic heterocycles. The van der Waals surface area contributed by atoms with Crippen LogP contribution < -0.4 is 0 Å². The zero-order valence-electron chi connectivity index (χ0n) is 57.3. The standard InChI is InChI=1S/C69H134O17P2/c1-9-62(8)48-40-32-24-18-19-27-36-44-52-69(74)86-64(55-79-66(71)49-41-33-25-17-13-15-22-30-38-46-60(4)5)57-83-87(75,76)81-53-63(70)54-82-88(77,78)84-58-65(56-80-67(72)50-42-34-28-20-23-31-39-47-61(6)7)85-68(73)51-43-35-26-16-12-10-11-14-21-29-37-45-59(2)3/h59-65,70H,9-58H2,1-8H3,(H,75,76)(H,77,78)/t62?,63?,64-,65-/m1/s1. The van der Waals surface area contributed by atoms with Gasteiger partial charge < -0.3 is 33.8 Å². The van der Waals surface area contributed by atoms with Gasteiger partial charge in [-0.05, 0) is 49.4 Å². The van der Waals surface area contributed by atoms with E-state index < -0.39 is 97.5 Å². The van der Waals surface area contributed by atoms with E-state index >= 15 is 0 Å². The number of aliphatic hydroxyl groups excluding tert-OH is 1. The summed E-state index contributed by atoms with van der Waals surface area (Å²) in [4.78, 5) is 72.5. The highest BCUT2D eigenvalue weighted by molar-refractivity contribution is 7.47. The third-order valence-electron chi connectivity index (χ3n) is 16.2. The lowest BCUT2D eigenvalue weighted by Gasteiger charge is -2.21. The van der Waals surface area contributed by atoms with Crippen LogP contribution >= 0.6 is 15.6 Å². The molecule has 0 fully saturated rings. The van der Waals surface area contributed by atoms with Gasteiger partial charge in [0.15, 0.2) is 12.2 Å². The monoisotopic (exact) mass is 1300 g/mol. The zero-order valence-corrected chi connectivity index (χ0v) is 59.1. The molecule has 0 saturated heterocycles. The van der Waals surface area contributed by atoms with Gasteiger partial charge in [-0.2, -0.15) is 0 Å². The minimum absolute atomic E-state index is 0.104. The van der Waals surface area contributed by atoms with Gasteiger partial charge in [-0.15, -0.1) is 0 Å². The number of hydrogen-bond donors (Lipinski definition) is 3. The molecular weight excluding hydrogens is 1160 g/mol. The summed E-state index contributed by atoms with van der Waals surface area (Å²) in [6, 6.07) is 0. The van der Waals surface area contributed by atoms with Crippen molar-refractivity contribution >= 4 is 39.5 Å². The molecule has 0 amide bonds. The number of phosphoric acid groups is 2. The molecule has 4 unspecified atom stereocenters. The fraction of sp³-hybridized carbons (Fsp3) is 0.942. The minimum Gasteiger partial charge on any atom is -0.462 e. The van der Waals surface area contributed by atoms with Gasteiger partial charge >= 0.3 is 39.5 Å². The molecule has 0 radical (unpaired) electrons. The van der Waals surface area contributed by atoms with Crippen molar-refractivity contribution in [3.8, 4) is 0 Å². The molecular formula is C69H134O17P2. The van der Waals surface area contributed by atoms with Gasteiger partial charge in [0.05, 0.1) is 26.4 Å². The quantitative estimate of drug-likeness (QED) is 0.0222. The number of esters is 4. The van der Waals surface area contributed by atoms with Gasteiger partial charge in [-0.1, -0.05) is 287 Å². The van der Waals surface area contributed by atoms with Crippen molar-refractivity contribution in [2.45, 2.75) is 356 Å². The molecule has 17 nitrogen and oxygen atoms in total. The van der Waals surface area contributed by atoms with E-state index in [9.17, 15) is 43.2 Å². The predicted octanol–water partition coefficient (Wildman–Crippen LogP) is 19.3. The maximum Gasteiger partial charge on any atom is 0.472 e. The van der Waals surface area contributed by atoms with E-state index in [2.05, 4.69) is 55.4 Å². The van der Waals surface area contributed by atoms with Gasteiger partial charge in [0.1, 0.15) is 19.3 Å². The number of carbonyl (C=O) groups is 4. The van der Waals surface area contributed by atoms with Crippen LogP contribution in [0.3, 0.4) is 0 Å². The number of unbranched alkanes of at least 4 members (excludes halogenated alkanes) is 31. The molecule has 0 spiro atoms. The topological polar surface area (TPSA) is 237 Å². The van der Waals surface area contributed by atoms with Crippen molar-refractivity contribution in [2.24, 2.45) is 23.7 Å². The summed E-state index contributed by atoms with van der Waals surface area (Å²) in [6.45, 7) is 14.1. The van der Waals surface area contributed by atoms with Gasteiger partial charge in [0.2, 0.25) is 0 Å². The van der Waals surface area contributed by atoms with Crippen LogP contribution in [0.4, 0.5) is 0 Å². The number of ether oxygens (including phenoxy) is 4. The molecule has 3 N–H and O–H groups in total. The largest absolute Gasteiger partial charge is 0.472 e. The van der Waals surface area contributed by atoms with Crippen molar-refractivity contribution < 1.29 is 80.2 Å². The van der Waals surface area contributed by atoms with Crippen molar-refractivity contribution in [3.63, 3.8) is 0 Å². The molecule has 0 bridgehead atoms. The van der Waals surface area contributed by atoms with Crippen molar-refractivity contribution in [1.29, 1.82) is 0 Å². The average molecular weight is 1300 g/mol. The Hall–Kier alpha value is -1.94. The number of carbonyl (C=O) groups excluding carboxylic acids is 4. The summed E-state index contributed by atoms with van der Waals surface area (Å²) in [7, 11) is -9.90. The smallest absolute Gasteiger partial charge is 0.462 e. The highest BCUT2D eigenvalue weighted by atomic mass is 31.2. The SMILES string of the molecule is CCC(C)CCCCCCCCCCC(=O)O[C@H](COC(=O)CCCCCCCCCCCC(C)C)COP(=O)(O)OCC(O)COP(=O)(O)OC[C@@H](COC(=O)CCCCCCCCCC(C)C)OC(=O)CCCCCCCCCCCCCC(C)C. The average Bonchev–Trinajstić information content (AvgIpc) is 3.54. The second kappa shape index (κ2) is 58.8. The molecule has 522 valence electrons. The molecule has 88 heavy (non-hydrogen) atoms. The van der Waals surface area contributed by atoms with E-state index in [1.807, 2.05) is 0 Å². The van der Waals surface area contributed by atoms with E-state index in [0.717, 1.165) is 114 Å². The van der Waals surface area contributed by atoms with Crippen molar-refractivity contribution in [3.05, 3.63) is 0 Å². The third-order valence-corrected chi connectivity index (χ3v) is 18.1. The minimum atomic E-state index is -4.95. The van der Waals surface area contributed by atoms with Gasteiger partial charge in [-0.3, -0.25) is 37.3 Å². The summed E-state index contributed by atoms with van der Waals surface area (Å²) in [5, 5.41) is 10.6. The maximum atomic E-state index is 13.0. The van der Waals surface area contributed by atoms with Gasteiger partial charge in [0, 0.05) is 25.7 Å². The summed E-state index contributed by atoms with van der Waals surface area (Å²) >= 11 is 0. The Labute approximate surface area is 537 Å². The summed E-state index contributed by atoms with van der Waals surface area (Å²) < 4.78 is 68.2. The maximum absolute atomic E-state index is 13.0. The van der Waals surface area contributed by atoms with E-state index in [0.29, 0.717) is 31.6 Å². The van der Waals surface area contributed by atoms with Crippen LogP contribution in [0.5, 0.6) is 0 Å². The lowest BCUT2D eigenvalue weighted by molar-refractivity contribution is -0.161. The highest BCUT2D eigenvalue weighted by Gasteiger charge is 2.30. The van der Waals surface area contributed by atoms with E-state index in [-0.39, 0.29) is 25.7 Å². The first-order valence-electron chi connectivity index (χ1n) is 35.7. The Bertz CT molecular complexity index is 1750. The van der Waals surface area contributed by atoms with E-state index in [1.165, 1.54) is 135 Å². The molecule has 0 heterocycles. The number of rotatable bonds is 66. The second-order valence-electron chi connectivity index (χ2n) is 26.6. The van der Waals surface area contributed by atoms with Crippen molar-refractivity contribution in [2.75, 3.05) is 39.6 Å². The molecule has 0 aromatic heterocycles. The zero-order chi connectivity index (χ0) is 65.4. The Balaban J connectivity index is 5.26. The van der Waals surface area contributed by atoms with Crippen LogP contribution in [-0.4, -0.2) is 96.7 Å². The first kappa shape index (κ1) is 86.1. The molecule has 0 aromatic rings. The second-order valence-corrected chi connectivity index (χ2v) is 29.5. The Kier molecular flexibility index (Phi) is 57.6. The molecule has 0 saturated carbocycles. The fourth-order valence-corrected chi connectivity index (χ4v) is 11.9. The molecule has 6 atom stereocenters. The summed E-state index contributed by atoms with van der Waals surface area (Å²) in [5.74, 6) is 0.851. The molecule has 0 aliphatic carbocycles. The highest BCUT2D eigenvalue weighted by Crippen LogP contribution is 2.45. The molecule has 0 aromatic carbocycles. The van der Waals surface area contributed by atoms with Crippen LogP contribution in [0.1, 0.15) is 338 Å². The molecule has 19 heteroatoms. The molecule has 0 aliphatic rings. The normalized spacial score (nSPS) is 14.6. The fourth-order valence-electron chi connectivity index (χ4n) is 10.3. The summed E-state index contributed by atoms with van der Waals surface area (Å²) in [6.07, 6.45) is 40.3. The van der Waals surface area contributed by atoms with E-state index in [1.54, 1.807) is 0 Å². The summed E-state index contributed by atoms with van der Waals surface area (Å²) in [5.41, 5.74) is 0. The lowest BCUT2D eigenvalue weighted by Crippen LogP contribution is -2.30. The van der Waals surface area contributed by atoms with E-state index in [4.69, 9.17) is 37.0 Å². The van der Waals surface area contributed by atoms with Crippen LogP contribution in [0, 0.1) is 23.7 Å². The van der Waals surface area contributed by atoms with Crippen molar-refractivity contribution in [1.82, 2.24) is 0 Å². The number of aliphatic hydroxyl groups is 1. The van der Waals surface area contributed by atoms with Crippen LogP contribution in [0.15, 0.2) is 0 Å². The Morgan fingerprint density at radius 2 is 0.545 bits per heavy atom. The van der Waals surface area contributed by atoms with Crippen LogP contribution in [0.2, 0.25) is 0 Å². The van der Waals surface area contributed by atoms with Crippen LogP contribution in [0.25, 0.3) is 0 Å².